The first-order valence-corrected chi connectivity index (χ1v) is 10.7. The zero-order chi connectivity index (χ0) is 22.1. The van der Waals surface area contributed by atoms with E-state index in [9.17, 15) is 14.7 Å². The number of nitrogens with zero attached hydrogens (tertiary/aromatic N) is 3. The predicted molar refractivity (Wildman–Crippen MR) is 118 cm³/mol. The number of aliphatic hydroxyl groups is 1. The molecule has 4 rings (SSSR count). The molecule has 0 radical (unpaired) electrons. The smallest absolute Gasteiger partial charge is 0.254 e. The van der Waals surface area contributed by atoms with E-state index < -0.39 is 11.5 Å². The molecule has 1 amide bonds. The third kappa shape index (κ3) is 4.15. The summed E-state index contributed by atoms with van der Waals surface area (Å²) in [6.45, 7) is 6.11. The second-order valence-corrected chi connectivity index (χ2v) is 8.37. The molecule has 0 spiro atoms. The summed E-state index contributed by atoms with van der Waals surface area (Å²) in [5.41, 5.74) is 1.86. The number of likely N-dealkylation sites (tertiary alicyclic amines) is 1. The van der Waals surface area contributed by atoms with E-state index >= 15 is 0 Å². The third-order valence-electron chi connectivity index (χ3n) is 5.70. The number of carbonyl (C=O) groups is 2. The molecule has 0 aromatic carbocycles. The predicted octanol–water partition coefficient (Wildman–Crippen LogP) is 2.19. The minimum absolute atomic E-state index is 0.0190. The zero-order valence-electron chi connectivity index (χ0n) is 17.4. The van der Waals surface area contributed by atoms with E-state index in [0.29, 0.717) is 43.6 Å². The Morgan fingerprint density at radius 2 is 2.16 bits per heavy atom. The number of piperidine rings is 1. The fourth-order valence-electron chi connectivity index (χ4n) is 4.10. The van der Waals surface area contributed by atoms with Gasteiger partial charge in [0.25, 0.3) is 5.91 Å². The van der Waals surface area contributed by atoms with Crippen LogP contribution in [0, 0.1) is 5.92 Å². The number of halogens is 1. The van der Waals surface area contributed by atoms with E-state index in [1.54, 1.807) is 11.1 Å². The van der Waals surface area contributed by atoms with Crippen LogP contribution in [-0.2, 0) is 9.59 Å². The number of pyridine rings is 1. The van der Waals surface area contributed by atoms with Gasteiger partial charge in [-0.1, -0.05) is 11.6 Å². The van der Waals surface area contributed by atoms with Crippen molar-refractivity contribution < 1.29 is 14.7 Å². The van der Waals surface area contributed by atoms with Gasteiger partial charge in [0.15, 0.2) is 5.76 Å². The Kier molecular flexibility index (Phi) is 5.97. The van der Waals surface area contributed by atoms with E-state index in [0.717, 1.165) is 16.5 Å². The molecular weight excluding hydrogens is 420 g/mol. The molecule has 2 aliphatic rings. The number of nitrogens with one attached hydrogen (secondary N) is 3. The van der Waals surface area contributed by atoms with Crippen LogP contribution in [0.1, 0.15) is 20.3 Å². The topological polar surface area (TPSA) is 123 Å². The lowest BCUT2D eigenvalue weighted by molar-refractivity contribution is -0.132. The number of allylic oxidation sites excluding steroid dienone is 1. The van der Waals surface area contributed by atoms with E-state index in [1.165, 1.54) is 6.08 Å². The molecule has 1 saturated heterocycles. The number of amides is 1. The highest BCUT2D eigenvalue weighted by Gasteiger charge is 2.40. The summed E-state index contributed by atoms with van der Waals surface area (Å²) in [5.74, 6) is -0.766. The van der Waals surface area contributed by atoms with Crippen LogP contribution < -0.4 is 10.6 Å². The maximum absolute atomic E-state index is 12.8. The van der Waals surface area contributed by atoms with Gasteiger partial charge >= 0.3 is 0 Å². The molecule has 0 saturated carbocycles. The molecule has 3 heterocycles. The van der Waals surface area contributed by atoms with Crippen molar-refractivity contribution in [2.45, 2.75) is 26.3 Å². The number of rotatable bonds is 7. The van der Waals surface area contributed by atoms with Crippen molar-refractivity contribution in [3.05, 3.63) is 40.4 Å². The van der Waals surface area contributed by atoms with E-state index in [-0.39, 0.29) is 23.4 Å². The number of carbonyl (C=O) groups excluding carboxylic acids is 2. The van der Waals surface area contributed by atoms with Gasteiger partial charge in [-0.05, 0) is 31.9 Å². The molecule has 1 aliphatic heterocycles. The number of fused-ring (bicyclic) bond motifs is 2. The molecule has 2 aromatic rings. The first-order valence-electron chi connectivity index (χ1n) is 10.3. The molecule has 9 nitrogen and oxygen atoms in total. The molecule has 1 atom stereocenters. The molecule has 1 aliphatic carbocycles. The number of anilines is 1. The fraction of sp³-hybridized carbons (Fsp3) is 0.429. The highest BCUT2D eigenvalue weighted by molar-refractivity contribution is 6.34. The van der Waals surface area contributed by atoms with Crippen molar-refractivity contribution in [3.8, 4) is 0 Å². The van der Waals surface area contributed by atoms with Gasteiger partial charge in [-0.3, -0.25) is 14.7 Å². The van der Waals surface area contributed by atoms with Gasteiger partial charge in [-0.15, -0.1) is 0 Å². The highest BCUT2D eigenvalue weighted by atomic mass is 35.5. The fourth-order valence-corrected chi connectivity index (χ4v) is 4.34. The lowest BCUT2D eigenvalue weighted by Gasteiger charge is -2.38. The Hall–Kier alpha value is -2.91. The minimum Gasteiger partial charge on any atom is -0.504 e. The number of aromatic nitrogens is 3. The van der Waals surface area contributed by atoms with Gasteiger partial charge in [0.2, 0.25) is 5.78 Å². The number of hydrogen-bond acceptors (Lipinski definition) is 7. The van der Waals surface area contributed by atoms with Gasteiger partial charge in [-0.25, -0.2) is 4.98 Å². The maximum atomic E-state index is 12.8. The molecule has 4 N–H and O–H groups in total. The Balaban J connectivity index is 1.34. The number of ketones is 1. The van der Waals surface area contributed by atoms with Gasteiger partial charge < -0.3 is 20.6 Å². The van der Waals surface area contributed by atoms with E-state index in [1.807, 2.05) is 19.9 Å². The summed E-state index contributed by atoms with van der Waals surface area (Å²) in [4.78, 5) is 31.1. The Morgan fingerprint density at radius 1 is 1.35 bits per heavy atom. The molecule has 0 bridgehead atoms. The summed E-state index contributed by atoms with van der Waals surface area (Å²) in [6.07, 6.45) is 3.77. The van der Waals surface area contributed by atoms with Crippen LogP contribution in [0.25, 0.3) is 10.9 Å². The molecule has 31 heavy (non-hydrogen) atoms. The van der Waals surface area contributed by atoms with Crippen LogP contribution in [-0.4, -0.2) is 69.1 Å². The van der Waals surface area contributed by atoms with Crippen molar-refractivity contribution in [2.75, 3.05) is 31.5 Å². The number of aliphatic hydroxyl groups excluding tert-OH is 1. The van der Waals surface area contributed by atoms with E-state index in [4.69, 9.17) is 11.6 Å². The molecule has 10 heteroatoms. The number of hydrogen-bond donors (Lipinski definition) is 4. The molecule has 2 aromatic heterocycles. The Bertz CT molecular complexity index is 1090. The highest BCUT2D eigenvalue weighted by Crippen LogP contribution is 2.36. The average molecular weight is 445 g/mol. The van der Waals surface area contributed by atoms with Crippen LogP contribution in [0.3, 0.4) is 0 Å². The Morgan fingerprint density at radius 3 is 2.94 bits per heavy atom. The summed E-state index contributed by atoms with van der Waals surface area (Å²) in [7, 11) is 0. The standard InChI is InChI=1S/C21H25ClN6O3/c1-11(2)28-6-3-13-12(7-16(29)19(30)18(13)21(28)31)9-23-4-5-24-17-8-15-14(10-25-27-15)20(22)26-17/h7-8,10-11,13,23,30H,3-6,9H2,1-2H3,(H,24,26)(H,25,27). The molecule has 1 fully saturated rings. The normalized spacial score (nSPS) is 19.3. The van der Waals surface area contributed by atoms with Crippen LogP contribution >= 0.6 is 11.6 Å². The summed E-state index contributed by atoms with van der Waals surface area (Å²) in [6, 6.07) is 1.86. The maximum Gasteiger partial charge on any atom is 0.254 e. The van der Waals surface area contributed by atoms with Gasteiger partial charge in [0.1, 0.15) is 11.0 Å². The van der Waals surface area contributed by atoms with E-state index in [2.05, 4.69) is 25.8 Å². The molecule has 1 unspecified atom stereocenters. The first-order chi connectivity index (χ1) is 14.9. The summed E-state index contributed by atoms with van der Waals surface area (Å²) < 4.78 is 0. The third-order valence-corrected chi connectivity index (χ3v) is 5.99. The van der Waals surface area contributed by atoms with Gasteiger partial charge in [0.05, 0.1) is 22.7 Å². The van der Waals surface area contributed by atoms with Crippen molar-refractivity contribution in [2.24, 2.45) is 5.92 Å². The van der Waals surface area contributed by atoms with Crippen LogP contribution in [0.5, 0.6) is 0 Å². The van der Waals surface area contributed by atoms with Crippen molar-refractivity contribution in [3.63, 3.8) is 0 Å². The quantitative estimate of drug-likeness (QED) is 0.381. The van der Waals surface area contributed by atoms with Gasteiger partial charge in [-0.2, -0.15) is 5.10 Å². The zero-order valence-corrected chi connectivity index (χ0v) is 18.2. The largest absolute Gasteiger partial charge is 0.504 e. The minimum atomic E-state index is -0.508. The monoisotopic (exact) mass is 444 g/mol. The molecule has 164 valence electrons. The van der Waals surface area contributed by atoms with Crippen molar-refractivity contribution in [1.82, 2.24) is 25.4 Å². The van der Waals surface area contributed by atoms with Crippen LogP contribution in [0.4, 0.5) is 5.82 Å². The molecular formula is C21H25ClN6O3. The van der Waals surface area contributed by atoms with Crippen molar-refractivity contribution in [1.29, 1.82) is 0 Å². The first kappa shape index (κ1) is 21.3. The van der Waals surface area contributed by atoms with Gasteiger partial charge in [0, 0.05) is 44.2 Å². The summed E-state index contributed by atoms with van der Waals surface area (Å²) in [5, 5.41) is 24.7. The Labute approximate surface area is 184 Å². The second kappa shape index (κ2) is 8.68. The van der Waals surface area contributed by atoms with Crippen LogP contribution in [0.2, 0.25) is 5.15 Å². The SMILES string of the molecule is CC(C)N1CCC2C(CNCCNc3cc4[nH]ncc4c(Cl)n3)=CC(=O)C(O)=C2C1=O. The lowest BCUT2D eigenvalue weighted by Crippen LogP contribution is -2.47. The second-order valence-electron chi connectivity index (χ2n) is 8.01. The summed E-state index contributed by atoms with van der Waals surface area (Å²) >= 11 is 6.16. The average Bonchev–Trinajstić information content (AvgIpc) is 3.20. The van der Waals surface area contributed by atoms with Crippen LogP contribution in [0.15, 0.2) is 35.2 Å². The number of aromatic amines is 1. The lowest BCUT2D eigenvalue weighted by atomic mass is 9.78. The van der Waals surface area contributed by atoms with Crippen molar-refractivity contribution >= 4 is 40.0 Å². The number of H-pyrrole nitrogens is 1.